The van der Waals surface area contributed by atoms with Gasteiger partial charge in [0, 0.05) is 56.6 Å². The average molecular weight is 462 g/mol. The van der Waals surface area contributed by atoms with E-state index in [1.165, 1.54) is 0 Å². The third-order valence-corrected chi connectivity index (χ3v) is 6.68. The van der Waals surface area contributed by atoms with Gasteiger partial charge in [-0.25, -0.2) is 0 Å². The lowest BCUT2D eigenvalue weighted by atomic mass is 10.0. The minimum atomic E-state index is -0.465. The highest BCUT2D eigenvalue weighted by Crippen LogP contribution is 2.27. The Balaban J connectivity index is 1.45. The first-order chi connectivity index (χ1) is 16.6. The second-order valence-electron chi connectivity index (χ2n) is 9.11. The van der Waals surface area contributed by atoms with Gasteiger partial charge in [0.2, 0.25) is 0 Å². The van der Waals surface area contributed by atoms with Gasteiger partial charge in [0.15, 0.2) is 5.69 Å². The fourth-order valence-corrected chi connectivity index (χ4v) is 4.94. The number of nitrogens with zero attached hydrogens (tertiary/aromatic N) is 5. The third-order valence-electron chi connectivity index (χ3n) is 6.68. The topological polar surface area (TPSA) is 83.7 Å². The van der Waals surface area contributed by atoms with Crippen LogP contribution in [0, 0.1) is 0 Å². The first kappa shape index (κ1) is 22.6. The van der Waals surface area contributed by atoms with Crippen molar-refractivity contribution in [2.24, 2.45) is 0 Å². The van der Waals surface area contributed by atoms with Crippen molar-refractivity contribution >= 4 is 5.91 Å². The molecule has 1 atom stereocenters. The SMILES string of the molecule is COc1cccc(Cn2nc(C(=O)N3CCCC(O)C3)c3c2CCN(Cc2ccccn2)C3)c1. The predicted molar refractivity (Wildman–Crippen MR) is 128 cm³/mol. The van der Waals surface area contributed by atoms with E-state index in [-0.39, 0.29) is 5.91 Å². The first-order valence-electron chi connectivity index (χ1n) is 11.9. The molecule has 1 aromatic carbocycles. The van der Waals surface area contributed by atoms with Crippen LogP contribution in [0.15, 0.2) is 48.7 Å². The van der Waals surface area contributed by atoms with Gasteiger partial charge in [0.25, 0.3) is 5.91 Å². The van der Waals surface area contributed by atoms with Crippen molar-refractivity contribution in [2.45, 2.75) is 45.0 Å². The second-order valence-corrected chi connectivity index (χ2v) is 9.11. The van der Waals surface area contributed by atoms with Crippen molar-refractivity contribution in [3.8, 4) is 5.75 Å². The summed E-state index contributed by atoms with van der Waals surface area (Å²) in [4.78, 5) is 22.1. The van der Waals surface area contributed by atoms with Crippen molar-refractivity contribution in [2.75, 3.05) is 26.7 Å². The van der Waals surface area contributed by atoms with Crippen LogP contribution < -0.4 is 4.74 Å². The summed E-state index contributed by atoms with van der Waals surface area (Å²) < 4.78 is 7.36. The molecule has 1 fully saturated rings. The van der Waals surface area contributed by atoms with Crippen LogP contribution in [-0.2, 0) is 26.1 Å². The number of hydrogen-bond acceptors (Lipinski definition) is 6. The number of piperidine rings is 1. The molecule has 2 aromatic heterocycles. The van der Waals surface area contributed by atoms with Crippen molar-refractivity contribution in [1.29, 1.82) is 0 Å². The number of aliphatic hydroxyl groups is 1. The first-order valence-corrected chi connectivity index (χ1v) is 11.9. The van der Waals surface area contributed by atoms with Crippen LogP contribution in [0.2, 0.25) is 0 Å². The minimum absolute atomic E-state index is 0.0842. The average Bonchev–Trinajstić information content (AvgIpc) is 3.21. The van der Waals surface area contributed by atoms with Crippen LogP contribution >= 0.6 is 0 Å². The number of pyridine rings is 1. The van der Waals surface area contributed by atoms with Gasteiger partial charge in [-0.3, -0.25) is 19.4 Å². The number of ether oxygens (including phenoxy) is 1. The van der Waals surface area contributed by atoms with Crippen LogP contribution in [0.3, 0.4) is 0 Å². The molecule has 34 heavy (non-hydrogen) atoms. The highest BCUT2D eigenvalue weighted by Gasteiger charge is 2.32. The van der Waals surface area contributed by atoms with E-state index in [0.29, 0.717) is 31.9 Å². The van der Waals surface area contributed by atoms with Crippen molar-refractivity contribution in [3.63, 3.8) is 0 Å². The number of aliphatic hydroxyl groups excluding tert-OH is 1. The highest BCUT2D eigenvalue weighted by atomic mass is 16.5. The quantitative estimate of drug-likeness (QED) is 0.607. The molecule has 0 saturated carbocycles. The molecule has 2 aliphatic heterocycles. The van der Waals surface area contributed by atoms with E-state index >= 15 is 0 Å². The van der Waals surface area contributed by atoms with Gasteiger partial charge in [-0.2, -0.15) is 5.10 Å². The number of carbonyl (C=O) groups is 1. The number of amides is 1. The summed E-state index contributed by atoms with van der Waals surface area (Å²) in [7, 11) is 1.66. The number of hydrogen-bond donors (Lipinski definition) is 1. The van der Waals surface area contributed by atoms with Gasteiger partial charge in [-0.1, -0.05) is 18.2 Å². The van der Waals surface area contributed by atoms with E-state index in [9.17, 15) is 9.90 Å². The Morgan fingerprint density at radius 2 is 2.09 bits per heavy atom. The smallest absolute Gasteiger partial charge is 0.274 e. The van der Waals surface area contributed by atoms with Gasteiger partial charge in [-0.05, 0) is 42.7 Å². The molecule has 5 rings (SSSR count). The molecular weight excluding hydrogens is 430 g/mol. The summed E-state index contributed by atoms with van der Waals surface area (Å²) in [6.45, 7) is 3.87. The van der Waals surface area contributed by atoms with E-state index in [0.717, 1.165) is 60.6 Å². The second kappa shape index (κ2) is 9.95. The zero-order valence-corrected chi connectivity index (χ0v) is 19.6. The molecule has 1 N–H and O–H groups in total. The van der Waals surface area contributed by atoms with E-state index in [2.05, 4.69) is 16.0 Å². The van der Waals surface area contributed by atoms with Crippen molar-refractivity contribution in [3.05, 3.63) is 76.9 Å². The molecule has 0 bridgehead atoms. The number of benzene rings is 1. The van der Waals surface area contributed by atoms with E-state index in [1.807, 2.05) is 47.3 Å². The molecule has 1 saturated heterocycles. The minimum Gasteiger partial charge on any atom is -0.497 e. The standard InChI is InChI=1S/C26H31N5O3/c1-34-22-9-4-6-19(14-22)15-31-24-10-13-29(16-20-7-2-3-11-27-20)18-23(24)25(28-31)26(33)30-12-5-8-21(32)17-30/h2-4,6-7,9,11,14,21,32H,5,8,10,12-13,15-18H2,1H3. The van der Waals surface area contributed by atoms with Gasteiger partial charge in [-0.15, -0.1) is 0 Å². The Morgan fingerprint density at radius 3 is 2.88 bits per heavy atom. The third kappa shape index (κ3) is 4.83. The summed E-state index contributed by atoms with van der Waals surface area (Å²) in [5.41, 5.74) is 4.71. The maximum atomic E-state index is 13.5. The van der Waals surface area contributed by atoms with Crippen LogP contribution in [0.25, 0.3) is 0 Å². The van der Waals surface area contributed by atoms with Gasteiger partial charge < -0.3 is 14.7 Å². The Hall–Kier alpha value is -3.23. The van der Waals surface area contributed by atoms with Gasteiger partial charge in [0.05, 0.1) is 25.5 Å². The molecule has 0 spiro atoms. The molecule has 1 unspecified atom stereocenters. The van der Waals surface area contributed by atoms with Gasteiger partial charge in [0.1, 0.15) is 5.75 Å². The molecule has 178 valence electrons. The lowest BCUT2D eigenvalue weighted by molar-refractivity contribution is 0.0466. The summed E-state index contributed by atoms with van der Waals surface area (Å²) in [6.07, 6.45) is 3.71. The van der Waals surface area contributed by atoms with E-state index in [1.54, 1.807) is 12.0 Å². The molecule has 8 heteroatoms. The predicted octanol–water partition coefficient (Wildman–Crippen LogP) is 2.49. The number of rotatable bonds is 6. The zero-order valence-electron chi connectivity index (χ0n) is 19.6. The fourth-order valence-electron chi connectivity index (χ4n) is 4.94. The number of fused-ring (bicyclic) bond motifs is 1. The normalized spacial score (nSPS) is 18.5. The zero-order chi connectivity index (χ0) is 23.5. The highest BCUT2D eigenvalue weighted by molar-refractivity contribution is 5.94. The molecule has 8 nitrogen and oxygen atoms in total. The number of β-amino-alcohol motifs (C(OH)–C–C–N with tert-alkyl or cyclic N) is 1. The molecule has 3 aromatic rings. The molecule has 2 aliphatic rings. The summed E-state index contributed by atoms with van der Waals surface area (Å²) in [5, 5.41) is 15.0. The van der Waals surface area contributed by atoms with E-state index < -0.39 is 6.10 Å². The molecule has 1 amide bonds. The van der Waals surface area contributed by atoms with E-state index in [4.69, 9.17) is 9.84 Å². The maximum absolute atomic E-state index is 13.5. The Kier molecular flexibility index (Phi) is 6.60. The van der Waals surface area contributed by atoms with Crippen molar-refractivity contribution < 1.29 is 14.6 Å². The van der Waals surface area contributed by atoms with Crippen LogP contribution in [0.4, 0.5) is 0 Å². The largest absolute Gasteiger partial charge is 0.497 e. The molecular formula is C26H31N5O3. The van der Waals surface area contributed by atoms with Crippen molar-refractivity contribution in [1.82, 2.24) is 24.6 Å². The molecule has 0 aliphatic carbocycles. The van der Waals surface area contributed by atoms with Crippen LogP contribution in [0.1, 0.15) is 45.8 Å². The Bertz CT molecular complexity index is 1150. The number of methoxy groups -OCH3 is 1. The Morgan fingerprint density at radius 1 is 1.18 bits per heavy atom. The summed E-state index contributed by atoms with van der Waals surface area (Å²) >= 11 is 0. The fraction of sp³-hybridized carbons (Fsp3) is 0.423. The van der Waals surface area contributed by atoms with Gasteiger partial charge >= 0.3 is 0 Å². The summed E-state index contributed by atoms with van der Waals surface area (Å²) in [6, 6.07) is 13.9. The number of likely N-dealkylation sites (tertiary alicyclic amines) is 1. The monoisotopic (exact) mass is 461 g/mol. The Labute approximate surface area is 199 Å². The molecule has 4 heterocycles. The van der Waals surface area contributed by atoms with Crippen LogP contribution in [-0.4, -0.2) is 68.4 Å². The summed E-state index contributed by atoms with van der Waals surface area (Å²) in [5.74, 6) is 0.720. The number of carbonyl (C=O) groups excluding carboxylic acids is 1. The van der Waals surface area contributed by atoms with Crippen LogP contribution in [0.5, 0.6) is 5.75 Å². The molecule has 0 radical (unpaired) electrons. The maximum Gasteiger partial charge on any atom is 0.274 e. The lowest BCUT2D eigenvalue weighted by Gasteiger charge is -2.31. The number of aromatic nitrogens is 3. The lowest BCUT2D eigenvalue weighted by Crippen LogP contribution is -2.43.